The summed E-state index contributed by atoms with van der Waals surface area (Å²) < 4.78 is 0.911. The van der Waals surface area contributed by atoms with Crippen LogP contribution in [0.15, 0.2) is 29.4 Å². The Morgan fingerprint density at radius 2 is 1.81 bits per heavy atom. The minimum Gasteiger partial charge on any atom is -0.427 e. The summed E-state index contributed by atoms with van der Waals surface area (Å²) in [6.45, 7) is 0. The number of rotatable bonds is 2. The van der Waals surface area contributed by atoms with Gasteiger partial charge in [0.05, 0.1) is 0 Å². The standard InChI is InChI=1S/C17H22N2O2/c20-17(18-16-3-1-2-4-19(16)21)10-15-13-6-11-5-12(8-13)9-14(15)7-11/h1-4,11-15,21H,5-10H2. The topological polar surface area (TPSA) is 54.6 Å². The first-order valence-corrected chi connectivity index (χ1v) is 8.13. The highest BCUT2D eigenvalue weighted by Gasteiger charge is 2.48. The van der Waals surface area contributed by atoms with Gasteiger partial charge in [-0.05, 0) is 73.8 Å². The fourth-order valence-electron chi connectivity index (χ4n) is 5.26. The van der Waals surface area contributed by atoms with E-state index < -0.39 is 0 Å². The molecule has 1 aromatic heterocycles. The molecule has 0 unspecified atom stereocenters. The molecule has 4 bridgehead atoms. The van der Waals surface area contributed by atoms with Crippen molar-refractivity contribution >= 4 is 5.91 Å². The molecule has 4 saturated carbocycles. The molecule has 112 valence electrons. The van der Waals surface area contributed by atoms with E-state index in [0.29, 0.717) is 17.8 Å². The Hall–Kier alpha value is -1.58. The van der Waals surface area contributed by atoms with Crippen molar-refractivity contribution in [1.29, 1.82) is 0 Å². The minimum atomic E-state index is -0.0820. The van der Waals surface area contributed by atoms with E-state index in [1.807, 2.05) is 0 Å². The Kier molecular flexibility index (Phi) is 3.12. The lowest BCUT2D eigenvalue weighted by Crippen LogP contribution is -2.45. The molecule has 4 fully saturated rings. The molecular formula is C17H22N2O2. The van der Waals surface area contributed by atoms with Crippen molar-refractivity contribution < 1.29 is 10.0 Å². The van der Waals surface area contributed by atoms with Gasteiger partial charge >= 0.3 is 0 Å². The second-order valence-electron chi connectivity index (χ2n) is 7.21. The minimum absolute atomic E-state index is 0.0820. The average Bonchev–Trinajstić information content (AvgIpc) is 2.44. The van der Waals surface area contributed by atoms with Crippen LogP contribution in [0.25, 0.3) is 0 Å². The summed E-state index contributed by atoms with van der Waals surface area (Å²) in [5.41, 5.74) is 0.325. The summed E-state index contributed by atoms with van der Waals surface area (Å²) in [5.74, 6) is 3.82. The van der Waals surface area contributed by atoms with Gasteiger partial charge in [0.25, 0.3) is 0 Å². The van der Waals surface area contributed by atoms with Crippen LogP contribution in [0.5, 0.6) is 0 Å². The third-order valence-corrected chi connectivity index (χ3v) is 5.89. The van der Waals surface area contributed by atoms with Gasteiger partial charge < -0.3 is 5.21 Å². The van der Waals surface area contributed by atoms with Crippen LogP contribution in [0.4, 0.5) is 0 Å². The number of hydrogen-bond acceptors (Lipinski definition) is 2. The van der Waals surface area contributed by atoms with Crippen molar-refractivity contribution in [3.63, 3.8) is 0 Å². The monoisotopic (exact) mass is 286 g/mol. The summed E-state index contributed by atoms with van der Waals surface area (Å²) in [4.78, 5) is 16.3. The number of carbonyl (C=O) groups is 1. The Balaban J connectivity index is 1.50. The second-order valence-corrected chi connectivity index (χ2v) is 7.21. The number of nitrogens with zero attached hydrogens (tertiary/aromatic N) is 2. The van der Waals surface area contributed by atoms with Crippen molar-refractivity contribution in [3.8, 4) is 0 Å². The number of amides is 1. The van der Waals surface area contributed by atoms with E-state index in [1.165, 1.54) is 38.3 Å². The lowest BCUT2D eigenvalue weighted by atomic mass is 9.51. The normalized spacial score (nSPS) is 37.9. The van der Waals surface area contributed by atoms with Gasteiger partial charge in [-0.1, -0.05) is 6.07 Å². The van der Waals surface area contributed by atoms with Gasteiger partial charge in [0, 0.05) is 12.6 Å². The smallest absolute Gasteiger partial charge is 0.248 e. The van der Waals surface area contributed by atoms with Crippen molar-refractivity contribution in [1.82, 2.24) is 4.73 Å². The molecule has 4 nitrogen and oxygen atoms in total. The number of hydrogen-bond donors (Lipinski definition) is 1. The maximum Gasteiger partial charge on any atom is 0.248 e. The van der Waals surface area contributed by atoms with Gasteiger partial charge in [0.15, 0.2) is 5.49 Å². The van der Waals surface area contributed by atoms with Gasteiger partial charge in [-0.15, -0.1) is 0 Å². The largest absolute Gasteiger partial charge is 0.427 e. The highest BCUT2D eigenvalue weighted by Crippen LogP contribution is 2.57. The molecule has 0 saturated heterocycles. The number of pyridine rings is 1. The average molecular weight is 286 g/mol. The molecule has 1 amide bonds. The molecule has 0 aliphatic heterocycles. The fraction of sp³-hybridized carbons (Fsp3) is 0.647. The predicted molar refractivity (Wildman–Crippen MR) is 77.3 cm³/mol. The molecule has 1 heterocycles. The van der Waals surface area contributed by atoms with Gasteiger partial charge in [-0.2, -0.15) is 9.72 Å². The summed E-state index contributed by atoms with van der Waals surface area (Å²) in [7, 11) is 0. The Morgan fingerprint density at radius 1 is 1.14 bits per heavy atom. The number of carbonyl (C=O) groups excluding carboxylic acids is 1. The fourth-order valence-corrected chi connectivity index (χ4v) is 5.26. The first-order chi connectivity index (χ1) is 10.2. The molecule has 1 aromatic rings. The van der Waals surface area contributed by atoms with E-state index in [1.54, 1.807) is 18.2 Å². The SMILES string of the molecule is O=C(CC1C2CC3CC(C2)CC1C3)N=c1ccccn1O. The molecule has 0 aromatic carbocycles. The van der Waals surface area contributed by atoms with Crippen LogP contribution in [0.1, 0.15) is 38.5 Å². The van der Waals surface area contributed by atoms with Crippen LogP contribution in [0.2, 0.25) is 0 Å². The van der Waals surface area contributed by atoms with E-state index in [4.69, 9.17) is 0 Å². The Morgan fingerprint density at radius 3 is 2.43 bits per heavy atom. The molecule has 4 aliphatic rings. The quantitative estimate of drug-likeness (QED) is 0.850. The van der Waals surface area contributed by atoms with E-state index in [0.717, 1.165) is 28.4 Å². The van der Waals surface area contributed by atoms with E-state index in [9.17, 15) is 10.0 Å². The van der Waals surface area contributed by atoms with Crippen LogP contribution in [-0.4, -0.2) is 15.8 Å². The summed E-state index contributed by atoms with van der Waals surface area (Å²) in [6, 6.07) is 5.15. The maximum absolute atomic E-state index is 12.3. The molecule has 21 heavy (non-hydrogen) atoms. The van der Waals surface area contributed by atoms with E-state index in [2.05, 4.69) is 4.99 Å². The van der Waals surface area contributed by atoms with Crippen LogP contribution in [0.3, 0.4) is 0 Å². The zero-order valence-electron chi connectivity index (χ0n) is 12.2. The van der Waals surface area contributed by atoms with Crippen LogP contribution in [-0.2, 0) is 4.79 Å². The predicted octanol–water partition coefficient (Wildman–Crippen LogP) is 2.62. The highest BCUT2D eigenvalue weighted by molar-refractivity contribution is 5.77. The first kappa shape index (κ1) is 13.1. The number of aromatic nitrogens is 1. The summed E-state index contributed by atoms with van der Waals surface area (Å²) in [5, 5.41) is 9.64. The molecular weight excluding hydrogens is 264 g/mol. The first-order valence-electron chi connectivity index (χ1n) is 8.13. The van der Waals surface area contributed by atoms with Crippen molar-refractivity contribution in [2.24, 2.45) is 34.6 Å². The van der Waals surface area contributed by atoms with Crippen molar-refractivity contribution in [2.75, 3.05) is 0 Å². The third kappa shape index (κ3) is 2.41. The Labute approximate surface area is 124 Å². The second kappa shape index (κ2) is 5.00. The van der Waals surface area contributed by atoms with Crippen molar-refractivity contribution in [3.05, 3.63) is 29.9 Å². The molecule has 0 atom stereocenters. The van der Waals surface area contributed by atoms with Gasteiger partial charge in [0.2, 0.25) is 5.91 Å². The maximum atomic E-state index is 12.3. The molecule has 0 radical (unpaired) electrons. The lowest BCUT2D eigenvalue weighted by Gasteiger charge is -2.54. The molecule has 0 spiro atoms. The lowest BCUT2D eigenvalue weighted by molar-refractivity contribution is -0.123. The van der Waals surface area contributed by atoms with Crippen LogP contribution < -0.4 is 5.49 Å². The van der Waals surface area contributed by atoms with E-state index in [-0.39, 0.29) is 5.91 Å². The van der Waals surface area contributed by atoms with Crippen molar-refractivity contribution in [2.45, 2.75) is 38.5 Å². The Bertz CT molecular complexity index is 591. The van der Waals surface area contributed by atoms with E-state index >= 15 is 0 Å². The summed E-state index contributed by atoms with van der Waals surface area (Å²) >= 11 is 0. The van der Waals surface area contributed by atoms with Crippen LogP contribution in [0, 0.1) is 29.6 Å². The molecule has 4 heteroatoms. The van der Waals surface area contributed by atoms with Gasteiger partial charge in [-0.3, -0.25) is 4.79 Å². The molecule has 4 aliphatic carbocycles. The molecule has 5 rings (SSSR count). The summed E-state index contributed by atoms with van der Waals surface area (Å²) in [6.07, 6.45) is 8.81. The van der Waals surface area contributed by atoms with Gasteiger partial charge in [-0.25, -0.2) is 0 Å². The highest BCUT2D eigenvalue weighted by atomic mass is 16.5. The third-order valence-electron chi connectivity index (χ3n) is 5.89. The zero-order valence-corrected chi connectivity index (χ0v) is 12.2. The van der Waals surface area contributed by atoms with Gasteiger partial charge in [0.1, 0.15) is 0 Å². The van der Waals surface area contributed by atoms with Crippen LogP contribution >= 0.6 is 0 Å². The zero-order chi connectivity index (χ0) is 14.4. The molecule has 1 N–H and O–H groups in total.